The maximum absolute atomic E-state index is 11.9. The summed E-state index contributed by atoms with van der Waals surface area (Å²) in [4.78, 5) is 46.1. The van der Waals surface area contributed by atoms with Crippen molar-refractivity contribution in [3.8, 4) is 5.75 Å². The van der Waals surface area contributed by atoms with E-state index in [9.17, 15) is 19.2 Å². The highest BCUT2D eigenvalue weighted by molar-refractivity contribution is 6.03. The van der Waals surface area contributed by atoms with Crippen molar-refractivity contribution < 1.29 is 28.3 Å². The first kappa shape index (κ1) is 17.0. The average Bonchev–Trinajstić information content (AvgIpc) is 3.24. The van der Waals surface area contributed by atoms with Crippen LogP contribution in [0.5, 0.6) is 5.75 Å². The minimum atomic E-state index is -0.703. The van der Waals surface area contributed by atoms with Gasteiger partial charge < -0.3 is 14.5 Å². The van der Waals surface area contributed by atoms with Gasteiger partial charge in [-0.05, 0) is 24.3 Å². The third-order valence-electron chi connectivity index (χ3n) is 3.26. The van der Waals surface area contributed by atoms with Gasteiger partial charge in [0.05, 0.1) is 6.26 Å². The van der Waals surface area contributed by atoms with E-state index >= 15 is 0 Å². The topological polar surface area (TPSA) is 130 Å². The summed E-state index contributed by atoms with van der Waals surface area (Å²) in [5.74, 6) is -1.04. The third kappa shape index (κ3) is 4.17. The molecule has 1 saturated heterocycles. The molecule has 1 aromatic carbocycles. The maximum Gasteiger partial charge on any atom is 0.343 e. The number of anilines is 1. The molecule has 0 saturated carbocycles. The van der Waals surface area contributed by atoms with Crippen LogP contribution in [0.15, 0.2) is 47.1 Å². The Kier molecular flexibility index (Phi) is 4.83. The van der Waals surface area contributed by atoms with Crippen LogP contribution in [0, 0.1) is 0 Å². The van der Waals surface area contributed by atoms with Crippen molar-refractivity contribution in [2.45, 2.75) is 0 Å². The molecule has 0 bridgehead atoms. The monoisotopic (exact) mass is 358 g/mol. The smallest absolute Gasteiger partial charge is 0.343 e. The lowest BCUT2D eigenvalue weighted by atomic mass is 10.3. The van der Waals surface area contributed by atoms with Gasteiger partial charge in [0.15, 0.2) is 12.4 Å². The molecule has 26 heavy (non-hydrogen) atoms. The van der Waals surface area contributed by atoms with E-state index in [4.69, 9.17) is 9.15 Å². The second kappa shape index (κ2) is 7.38. The van der Waals surface area contributed by atoms with Crippen LogP contribution in [0.25, 0.3) is 0 Å². The van der Waals surface area contributed by atoms with Gasteiger partial charge >= 0.3 is 6.03 Å². The summed E-state index contributed by atoms with van der Waals surface area (Å²) in [5, 5.41) is 5.51. The molecule has 0 aliphatic carbocycles. The summed E-state index contributed by atoms with van der Waals surface area (Å²) in [6.07, 6.45) is 1.39. The van der Waals surface area contributed by atoms with E-state index in [-0.39, 0.29) is 18.9 Å². The summed E-state index contributed by atoms with van der Waals surface area (Å²) in [5.41, 5.74) is 2.70. The van der Waals surface area contributed by atoms with E-state index in [0.717, 1.165) is 5.01 Å². The van der Waals surface area contributed by atoms with E-state index in [1.54, 1.807) is 24.3 Å². The number of hydrogen-bond acceptors (Lipinski definition) is 6. The highest BCUT2D eigenvalue weighted by Gasteiger charge is 2.28. The average molecular weight is 358 g/mol. The number of ether oxygens (including phenoxy) is 1. The summed E-state index contributed by atoms with van der Waals surface area (Å²) < 4.78 is 10.3. The van der Waals surface area contributed by atoms with Crippen LogP contribution in [-0.4, -0.2) is 41.9 Å². The zero-order valence-corrected chi connectivity index (χ0v) is 13.4. The van der Waals surface area contributed by atoms with Crippen molar-refractivity contribution in [3.63, 3.8) is 0 Å². The number of carbonyl (C=O) groups is 4. The Morgan fingerprint density at radius 1 is 1.23 bits per heavy atom. The SMILES string of the molecule is O=C1CN(NC(=O)COc2cccc(NC(=O)c3ccco3)c2)C(=O)N1. The number of nitrogens with one attached hydrogen (secondary N) is 3. The molecule has 10 heteroatoms. The minimum Gasteiger partial charge on any atom is -0.484 e. The Morgan fingerprint density at radius 2 is 2.08 bits per heavy atom. The van der Waals surface area contributed by atoms with Crippen LogP contribution >= 0.6 is 0 Å². The molecular formula is C16H14N4O6. The predicted octanol–water partition coefficient (Wildman–Crippen LogP) is 0.494. The van der Waals surface area contributed by atoms with Gasteiger partial charge in [-0.25, -0.2) is 9.80 Å². The maximum atomic E-state index is 11.9. The van der Waals surface area contributed by atoms with Gasteiger partial charge in [0.2, 0.25) is 5.91 Å². The fraction of sp³-hybridized carbons (Fsp3) is 0.125. The molecule has 0 atom stereocenters. The zero-order chi connectivity index (χ0) is 18.5. The number of imide groups is 1. The third-order valence-corrected chi connectivity index (χ3v) is 3.26. The van der Waals surface area contributed by atoms with Crippen LogP contribution in [0.4, 0.5) is 10.5 Å². The molecule has 1 aromatic heterocycles. The summed E-state index contributed by atoms with van der Waals surface area (Å²) in [6, 6.07) is 8.83. The molecule has 10 nitrogen and oxygen atoms in total. The predicted molar refractivity (Wildman–Crippen MR) is 87.0 cm³/mol. The van der Waals surface area contributed by atoms with Crippen molar-refractivity contribution in [1.82, 2.24) is 15.8 Å². The molecule has 3 N–H and O–H groups in total. The van der Waals surface area contributed by atoms with Crippen molar-refractivity contribution in [2.24, 2.45) is 0 Å². The van der Waals surface area contributed by atoms with Gasteiger partial charge in [-0.3, -0.25) is 25.1 Å². The summed E-state index contributed by atoms with van der Waals surface area (Å²) >= 11 is 0. The number of rotatable bonds is 6. The summed E-state index contributed by atoms with van der Waals surface area (Å²) in [7, 11) is 0. The number of carbonyl (C=O) groups excluding carboxylic acids is 4. The first-order chi connectivity index (χ1) is 12.5. The molecular weight excluding hydrogens is 344 g/mol. The van der Waals surface area contributed by atoms with Crippen LogP contribution in [0.3, 0.4) is 0 Å². The lowest BCUT2D eigenvalue weighted by Gasteiger charge is -2.15. The second-order valence-corrected chi connectivity index (χ2v) is 5.22. The van der Waals surface area contributed by atoms with Crippen LogP contribution < -0.4 is 20.8 Å². The molecule has 3 rings (SSSR count). The highest BCUT2D eigenvalue weighted by Crippen LogP contribution is 2.18. The number of hydrogen-bond donors (Lipinski definition) is 3. The normalized spacial score (nSPS) is 13.3. The fourth-order valence-electron chi connectivity index (χ4n) is 2.13. The van der Waals surface area contributed by atoms with Gasteiger partial charge in [-0.2, -0.15) is 0 Å². The molecule has 0 spiro atoms. The molecule has 1 aliphatic heterocycles. The lowest BCUT2D eigenvalue weighted by Crippen LogP contribution is -2.46. The Balaban J connectivity index is 1.52. The number of amides is 5. The van der Waals surface area contributed by atoms with Crippen LogP contribution in [-0.2, 0) is 9.59 Å². The molecule has 1 aliphatic rings. The van der Waals surface area contributed by atoms with Crippen molar-refractivity contribution >= 4 is 29.4 Å². The zero-order valence-electron chi connectivity index (χ0n) is 13.4. The van der Waals surface area contributed by atoms with Crippen molar-refractivity contribution in [2.75, 3.05) is 18.5 Å². The number of furan rings is 1. The van der Waals surface area contributed by atoms with Gasteiger partial charge in [0.25, 0.3) is 11.8 Å². The van der Waals surface area contributed by atoms with E-state index in [0.29, 0.717) is 11.4 Å². The Hall–Kier alpha value is -3.82. The summed E-state index contributed by atoms with van der Waals surface area (Å²) in [6.45, 7) is -0.633. The largest absolute Gasteiger partial charge is 0.484 e. The number of urea groups is 1. The van der Waals surface area contributed by atoms with Crippen LogP contribution in [0.2, 0.25) is 0 Å². The quantitative estimate of drug-likeness (QED) is 0.645. The Labute approximate surface area is 147 Å². The molecule has 0 radical (unpaired) electrons. The van der Waals surface area contributed by atoms with E-state index in [1.165, 1.54) is 18.4 Å². The fourth-order valence-corrected chi connectivity index (χ4v) is 2.13. The second-order valence-electron chi connectivity index (χ2n) is 5.22. The Bertz CT molecular complexity index is 848. The number of nitrogens with zero attached hydrogens (tertiary/aromatic N) is 1. The molecule has 134 valence electrons. The number of benzene rings is 1. The lowest BCUT2D eigenvalue weighted by molar-refractivity contribution is -0.127. The number of hydrazine groups is 1. The van der Waals surface area contributed by atoms with E-state index in [2.05, 4.69) is 10.7 Å². The van der Waals surface area contributed by atoms with Crippen molar-refractivity contribution in [3.05, 3.63) is 48.4 Å². The molecule has 5 amide bonds. The van der Waals surface area contributed by atoms with Gasteiger partial charge in [0, 0.05) is 11.8 Å². The molecule has 1 fully saturated rings. The van der Waals surface area contributed by atoms with Crippen molar-refractivity contribution in [1.29, 1.82) is 0 Å². The van der Waals surface area contributed by atoms with Gasteiger partial charge in [-0.15, -0.1) is 0 Å². The Morgan fingerprint density at radius 3 is 2.77 bits per heavy atom. The first-order valence-electron chi connectivity index (χ1n) is 7.50. The van der Waals surface area contributed by atoms with E-state index in [1.807, 2.05) is 5.32 Å². The van der Waals surface area contributed by atoms with E-state index < -0.39 is 23.8 Å². The molecule has 2 aromatic rings. The standard InChI is InChI=1S/C16H14N4O6/c21-13-8-20(16(24)18-13)19-14(22)9-26-11-4-1-3-10(7-11)17-15(23)12-5-2-6-25-12/h1-7H,8-9H2,(H,17,23)(H,19,22)(H,18,21,24). The molecule has 2 heterocycles. The van der Waals surface area contributed by atoms with Gasteiger partial charge in [0.1, 0.15) is 12.3 Å². The highest BCUT2D eigenvalue weighted by atomic mass is 16.5. The molecule has 0 unspecified atom stereocenters. The van der Waals surface area contributed by atoms with Crippen LogP contribution in [0.1, 0.15) is 10.6 Å². The first-order valence-corrected chi connectivity index (χ1v) is 7.50. The van der Waals surface area contributed by atoms with Gasteiger partial charge in [-0.1, -0.05) is 6.07 Å². The minimum absolute atomic E-state index is 0.161.